The molecule has 5 nitrogen and oxygen atoms in total. The third-order valence-corrected chi connectivity index (χ3v) is 3.68. The Balaban J connectivity index is 2.29. The van der Waals surface area contributed by atoms with E-state index in [1.807, 2.05) is 0 Å². The number of carbonyl (C=O) groups is 1. The quantitative estimate of drug-likeness (QED) is 0.688. The van der Waals surface area contributed by atoms with Gasteiger partial charge in [-0.25, -0.2) is 0 Å². The molecular formula is C13H26N2O3. The number of carbonyl (C=O) groups excluding carboxylic acids is 1. The second kappa shape index (κ2) is 7.07. The first-order valence-electron chi connectivity index (χ1n) is 6.74. The van der Waals surface area contributed by atoms with Crippen LogP contribution in [0.5, 0.6) is 0 Å². The van der Waals surface area contributed by atoms with E-state index < -0.39 is 5.72 Å². The minimum absolute atomic E-state index is 0.0345. The van der Waals surface area contributed by atoms with Crippen molar-refractivity contribution < 1.29 is 14.6 Å². The van der Waals surface area contributed by atoms with Gasteiger partial charge >= 0.3 is 0 Å². The Morgan fingerprint density at radius 3 is 2.67 bits per heavy atom. The Kier molecular flexibility index (Phi) is 6.05. The van der Waals surface area contributed by atoms with E-state index in [4.69, 9.17) is 15.6 Å². The fraction of sp³-hybridized carbons (Fsp3) is 0.923. The van der Waals surface area contributed by atoms with E-state index in [1.54, 1.807) is 11.9 Å². The average molecular weight is 258 g/mol. The van der Waals surface area contributed by atoms with E-state index in [2.05, 4.69) is 6.92 Å². The third kappa shape index (κ3) is 4.92. The molecule has 0 bridgehead atoms. The molecule has 18 heavy (non-hydrogen) atoms. The zero-order valence-electron chi connectivity index (χ0n) is 11.5. The third-order valence-electron chi connectivity index (χ3n) is 3.68. The summed E-state index contributed by atoms with van der Waals surface area (Å²) in [6, 6.07) is 0. The molecule has 1 saturated carbocycles. The lowest BCUT2D eigenvalue weighted by Gasteiger charge is -2.36. The molecule has 0 spiro atoms. The van der Waals surface area contributed by atoms with Gasteiger partial charge in [0.15, 0.2) is 0 Å². The molecule has 0 aromatic rings. The predicted molar refractivity (Wildman–Crippen MR) is 69.8 cm³/mol. The van der Waals surface area contributed by atoms with Gasteiger partial charge < -0.3 is 20.5 Å². The van der Waals surface area contributed by atoms with Crippen LogP contribution in [0.3, 0.4) is 0 Å². The highest BCUT2D eigenvalue weighted by atomic mass is 16.5. The Morgan fingerprint density at radius 1 is 1.50 bits per heavy atom. The molecule has 1 rings (SSSR count). The van der Waals surface area contributed by atoms with Crippen molar-refractivity contribution in [1.29, 1.82) is 0 Å². The number of aliphatic hydroxyl groups excluding tert-OH is 1. The maximum Gasteiger partial charge on any atom is 0.248 e. The number of rotatable bonds is 6. The summed E-state index contributed by atoms with van der Waals surface area (Å²) in [4.78, 5) is 13.3. The maximum absolute atomic E-state index is 11.8. The molecule has 1 amide bonds. The lowest BCUT2D eigenvalue weighted by atomic mass is 9.85. The number of nitrogens with zero attached hydrogens (tertiary/aromatic N) is 1. The number of nitrogens with two attached hydrogens (primary N) is 1. The Bertz CT molecular complexity index is 263. The van der Waals surface area contributed by atoms with Gasteiger partial charge in [-0.15, -0.1) is 0 Å². The van der Waals surface area contributed by atoms with Crippen LogP contribution >= 0.6 is 0 Å². The number of hydrogen-bond acceptors (Lipinski definition) is 4. The van der Waals surface area contributed by atoms with Gasteiger partial charge in [-0.1, -0.05) is 6.92 Å². The molecule has 106 valence electrons. The summed E-state index contributed by atoms with van der Waals surface area (Å²) in [6.45, 7) is 2.89. The van der Waals surface area contributed by atoms with Crippen LogP contribution in [0.15, 0.2) is 0 Å². The summed E-state index contributed by atoms with van der Waals surface area (Å²) in [5.41, 5.74) is 5.51. The Hall–Kier alpha value is -0.650. The van der Waals surface area contributed by atoms with Crippen LogP contribution in [0.1, 0.15) is 39.0 Å². The highest BCUT2D eigenvalue weighted by Crippen LogP contribution is 2.30. The van der Waals surface area contributed by atoms with Gasteiger partial charge in [0.2, 0.25) is 5.91 Å². The van der Waals surface area contributed by atoms with E-state index in [-0.39, 0.29) is 19.1 Å². The highest BCUT2D eigenvalue weighted by Gasteiger charge is 2.31. The lowest BCUT2D eigenvalue weighted by molar-refractivity contribution is -0.145. The molecule has 0 aliphatic heterocycles. The van der Waals surface area contributed by atoms with Crippen molar-refractivity contribution in [2.45, 2.75) is 44.8 Å². The molecule has 3 N–H and O–H groups in total. The average Bonchev–Trinajstić information content (AvgIpc) is 2.37. The summed E-state index contributed by atoms with van der Waals surface area (Å²) >= 11 is 0. The molecule has 0 aromatic heterocycles. The molecule has 0 atom stereocenters. The highest BCUT2D eigenvalue weighted by molar-refractivity contribution is 5.77. The summed E-state index contributed by atoms with van der Waals surface area (Å²) < 4.78 is 5.61. The molecular weight excluding hydrogens is 232 g/mol. The summed E-state index contributed by atoms with van der Waals surface area (Å²) in [7, 11) is 1.72. The number of amides is 1. The van der Waals surface area contributed by atoms with Crippen molar-refractivity contribution in [1.82, 2.24) is 4.90 Å². The van der Waals surface area contributed by atoms with Gasteiger partial charge in [0.25, 0.3) is 0 Å². The van der Waals surface area contributed by atoms with Gasteiger partial charge in [0, 0.05) is 20.2 Å². The zero-order valence-corrected chi connectivity index (χ0v) is 11.5. The van der Waals surface area contributed by atoms with Gasteiger partial charge in [0.1, 0.15) is 12.3 Å². The maximum atomic E-state index is 11.8. The molecule has 5 heteroatoms. The number of hydrogen-bond donors (Lipinski definition) is 2. The minimum atomic E-state index is -0.625. The van der Waals surface area contributed by atoms with Crippen LogP contribution in [0.2, 0.25) is 0 Å². The van der Waals surface area contributed by atoms with Crippen molar-refractivity contribution in [3.8, 4) is 0 Å². The van der Waals surface area contributed by atoms with Crippen molar-refractivity contribution in [2.75, 3.05) is 26.8 Å². The summed E-state index contributed by atoms with van der Waals surface area (Å²) in [5.74, 6) is 0.625. The summed E-state index contributed by atoms with van der Waals surface area (Å²) in [6.07, 6.45) is 4.35. The zero-order chi connectivity index (χ0) is 13.6. The van der Waals surface area contributed by atoms with Crippen LogP contribution < -0.4 is 5.73 Å². The van der Waals surface area contributed by atoms with Crippen LogP contribution in [0.25, 0.3) is 0 Å². The predicted octanol–water partition coefficient (Wildman–Crippen LogP) is 0.709. The molecule has 0 unspecified atom stereocenters. The van der Waals surface area contributed by atoms with Gasteiger partial charge in [-0.2, -0.15) is 0 Å². The van der Waals surface area contributed by atoms with Gasteiger partial charge in [-0.3, -0.25) is 4.79 Å². The van der Waals surface area contributed by atoms with Crippen molar-refractivity contribution >= 4 is 5.91 Å². The SMILES string of the molecule is CC1CCC(N)(OCC(=O)N(C)CCCO)CC1. The lowest BCUT2D eigenvalue weighted by Crippen LogP contribution is -2.47. The van der Waals surface area contributed by atoms with E-state index in [9.17, 15) is 4.79 Å². The largest absolute Gasteiger partial charge is 0.396 e. The topological polar surface area (TPSA) is 75.8 Å². The number of aliphatic hydroxyl groups is 1. The van der Waals surface area contributed by atoms with Crippen molar-refractivity contribution in [3.63, 3.8) is 0 Å². The molecule has 1 fully saturated rings. The molecule has 1 aliphatic carbocycles. The van der Waals surface area contributed by atoms with Crippen LogP contribution in [0.4, 0.5) is 0 Å². The first kappa shape index (κ1) is 15.4. The fourth-order valence-corrected chi connectivity index (χ4v) is 2.14. The van der Waals surface area contributed by atoms with Crippen LogP contribution in [-0.4, -0.2) is 48.4 Å². The monoisotopic (exact) mass is 258 g/mol. The summed E-state index contributed by atoms with van der Waals surface area (Å²) in [5, 5.41) is 8.71. The second-order valence-corrected chi connectivity index (χ2v) is 5.43. The van der Waals surface area contributed by atoms with Gasteiger partial charge in [-0.05, 0) is 38.0 Å². The number of likely N-dealkylation sites (N-methyl/N-ethyl adjacent to an activating group) is 1. The minimum Gasteiger partial charge on any atom is -0.396 e. The molecule has 0 saturated heterocycles. The molecule has 0 aromatic carbocycles. The standard InChI is InChI=1S/C13H26N2O3/c1-11-4-6-13(14,7-5-11)18-10-12(17)15(2)8-3-9-16/h11,16H,3-10,14H2,1-2H3. The van der Waals surface area contributed by atoms with E-state index >= 15 is 0 Å². The van der Waals surface area contributed by atoms with E-state index in [0.717, 1.165) is 25.7 Å². The fourth-order valence-electron chi connectivity index (χ4n) is 2.14. The molecule has 1 aliphatic rings. The normalized spacial score (nSPS) is 28.1. The van der Waals surface area contributed by atoms with Gasteiger partial charge in [0.05, 0.1) is 0 Å². The van der Waals surface area contributed by atoms with E-state index in [1.165, 1.54) is 0 Å². The first-order chi connectivity index (χ1) is 8.47. The van der Waals surface area contributed by atoms with Crippen molar-refractivity contribution in [3.05, 3.63) is 0 Å². The van der Waals surface area contributed by atoms with Crippen LogP contribution in [-0.2, 0) is 9.53 Å². The Morgan fingerprint density at radius 2 is 2.11 bits per heavy atom. The van der Waals surface area contributed by atoms with Crippen molar-refractivity contribution in [2.24, 2.45) is 11.7 Å². The van der Waals surface area contributed by atoms with Crippen LogP contribution in [0, 0.1) is 5.92 Å². The van der Waals surface area contributed by atoms with E-state index in [0.29, 0.717) is 18.9 Å². The smallest absolute Gasteiger partial charge is 0.248 e. The first-order valence-corrected chi connectivity index (χ1v) is 6.74. The Labute approximate surface area is 109 Å². The number of ether oxygens (including phenoxy) is 1. The molecule has 0 heterocycles. The second-order valence-electron chi connectivity index (χ2n) is 5.43. The molecule has 0 radical (unpaired) electrons.